The second-order valence-corrected chi connectivity index (χ2v) is 6.49. The molecule has 0 spiro atoms. The molecule has 11 heteroatoms. The molecule has 1 fully saturated rings. The second kappa shape index (κ2) is 10.1. The van der Waals surface area contributed by atoms with Crippen molar-refractivity contribution in [3.63, 3.8) is 0 Å². The lowest BCUT2D eigenvalue weighted by Gasteiger charge is -2.41. The van der Waals surface area contributed by atoms with Crippen LogP contribution in [0.2, 0.25) is 0 Å². The lowest BCUT2D eigenvalue weighted by atomic mass is 9.86. The third-order valence-electron chi connectivity index (χ3n) is 4.83. The van der Waals surface area contributed by atoms with E-state index in [4.69, 9.17) is 18.9 Å². The van der Waals surface area contributed by atoms with Crippen LogP contribution < -0.4 is 0 Å². The summed E-state index contributed by atoms with van der Waals surface area (Å²) in [5.41, 5.74) is 0.426. The Hall–Kier alpha value is -2.02. The molecule has 0 aromatic rings. The summed E-state index contributed by atoms with van der Waals surface area (Å²) in [6.45, 7) is 1.01. The molecule has 0 aromatic carbocycles. The van der Waals surface area contributed by atoms with E-state index in [0.717, 1.165) is 6.26 Å². The number of aliphatic hydroxyl groups is 4. The predicted molar refractivity (Wildman–Crippen MR) is 93.7 cm³/mol. The summed E-state index contributed by atoms with van der Waals surface area (Å²) in [5.74, 6) is -2.08. The summed E-state index contributed by atoms with van der Waals surface area (Å²) >= 11 is 0. The van der Waals surface area contributed by atoms with Gasteiger partial charge in [-0.15, -0.1) is 0 Å². The Kier molecular flexibility index (Phi) is 8.14. The number of aliphatic hydroxyl groups excluding tert-OH is 4. The van der Waals surface area contributed by atoms with E-state index in [9.17, 15) is 30.0 Å². The Balaban J connectivity index is 2.27. The third-order valence-corrected chi connectivity index (χ3v) is 4.83. The molecule has 0 saturated carbocycles. The standard InChI is InChI=1S/C18H26O11/c1-4-8-9(5-12(20)25-2)10(16(24)26-3)7-27-17(8)29-18-15(23)14(22)13(21)11(6-19)28-18/h4,7,9,11,13-15,17-19,21-23H,5-6H2,1-3H3/b8-4+/t9-,11-,13+,14-,15+,17-,18-/m0/s1. The maximum Gasteiger partial charge on any atom is 0.337 e. The van der Waals surface area contributed by atoms with E-state index in [1.807, 2.05) is 0 Å². The molecule has 2 aliphatic rings. The van der Waals surface area contributed by atoms with Gasteiger partial charge < -0.3 is 44.1 Å². The molecule has 7 atom stereocenters. The van der Waals surface area contributed by atoms with Crippen molar-refractivity contribution < 1.29 is 53.7 Å². The summed E-state index contributed by atoms with van der Waals surface area (Å²) in [5, 5.41) is 39.2. The first-order valence-corrected chi connectivity index (χ1v) is 8.91. The molecule has 2 heterocycles. The van der Waals surface area contributed by atoms with Gasteiger partial charge in [0.25, 0.3) is 0 Å². The number of carbonyl (C=O) groups excluding carboxylic acids is 2. The van der Waals surface area contributed by atoms with Crippen LogP contribution >= 0.6 is 0 Å². The lowest BCUT2D eigenvalue weighted by molar-refractivity contribution is -0.327. The molecule has 0 unspecified atom stereocenters. The van der Waals surface area contributed by atoms with E-state index >= 15 is 0 Å². The van der Waals surface area contributed by atoms with Crippen LogP contribution in [0, 0.1) is 5.92 Å². The van der Waals surface area contributed by atoms with E-state index in [-0.39, 0.29) is 12.0 Å². The van der Waals surface area contributed by atoms with Gasteiger partial charge >= 0.3 is 11.9 Å². The molecule has 2 aliphatic heterocycles. The number of hydrogen-bond donors (Lipinski definition) is 4. The van der Waals surface area contributed by atoms with Crippen LogP contribution in [0.15, 0.2) is 23.5 Å². The van der Waals surface area contributed by atoms with Crippen LogP contribution in [-0.2, 0) is 33.3 Å². The zero-order valence-corrected chi connectivity index (χ0v) is 16.3. The molecule has 0 bridgehead atoms. The number of methoxy groups -OCH3 is 2. The fourth-order valence-corrected chi connectivity index (χ4v) is 3.18. The van der Waals surface area contributed by atoms with Crippen LogP contribution in [0.25, 0.3) is 0 Å². The number of rotatable bonds is 6. The van der Waals surface area contributed by atoms with Crippen LogP contribution in [0.5, 0.6) is 0 Å². The van der Waals surface area contributed by atoms with Gasteiger partial charge in [-0.3, -0.25) is 4.79 Å². The van der Waals surface area contributed by atoms with Crippen LogP contribution in [-0.4, -0.2) is 90.2 Å². The molecule has 1 saturated heterocycles. The first-order chi connectivity index (χ1) is 13.8. The fourth-order valence-electron chi connectivity index (χ4n) is 3.18. The molecule has 2 rings (SSSR count). The molecule has 4 N–H and O–H groups in total. The minimum Gasteiger partial charge on any atom is -0.469 e. The van der Waals surface area contributed by atoms with E-state index < -0.39 is 61.5 Å². The normalized spacial score (nSPS) is 36.2. The number of allylic oxidation sites excluding steroid dienone is 1. The van der Waals surface area contributed by atoms with Crippen molar-refractivity contribution in [2.24, 2.45) is 5.92 Å². The monoisotopic (exact) mass is 418 g/mol. The maximum atomic E-state index is 12.1. The molecule has 0 radical (unpaired) electrons. The van der Waals surface area contributed by atoms with Gasteiger partial charge in [0.05, 0.1) is 39.1 Å². The van der Waals surface area contributed by atoms with E-state index in [1.54, 1.807) is 13.0 Å². The summed E-state index contributed by atoms with van der Waals surface area (Å²) < 4.78 is 25.8. The smallest absolute Gasteiger partial charge is 0.337 e. The van der Waals surface area contributed by atoms with Gasteiger partial charge in [-0.25, -0.2) is 4.79 Å². The van der Waals surface area contributed by atoms with Gasteiger partial charge in [0, 0.05) is 11.5 Å². The van der Waals surface area contributed by atoms with E-state index in [0.29, 0.717) is 5.57 Å². The SMILES string of the molecule is C/C=C1/[C@H](O[C@@H]2O[C@@H](CO)[C@@H](O)[C@H](O)[C@H]2O)OC=C(C(=O)OC)[C@H]1CC(=O)OC. The third kappa shape index (κ3) is 4.94. The Morgan fingerprint density at radius 2 is 1.83 bits per heavy atom. The highest BCUT2D eigenvalue weighted by Crippen LogP contribution is 2.36. The average Bonchev–Trinajstić information content (AvgIpc) is 2.73. The number of hydrogen-bond acceptors (Lipinski definition) is 11. The van der Waals surface area contributed by atoms with E-state index in [1.165, 1.54) is 14.2 Å². The second-order valence-electron chi connectivity index (χ2n) is 6.49. The number of esters is 2. The van der Waals surface area contributed by atoms with Gasteiger partial charge in [-0.1, -0.05) is 6.08 Å². The molecular weight excluding hydrogens is 392 g/mol. The minimum absolute atomic E-state index is 0.0691. The largest absolute Gasteiger partial charge is 0.469 e. The highest BCUT2D eigenvalue weighted by atomic mass is 16.8. The molecule has 164 valence electrons. The van der Waals surface area contributed by atoms with Crippen molar-refractivity contribution in [1.29, 1.82) is 0 Å². The Labute approximate surface area is 167 Å². The Morgan fingerprint density at radius 1 is 1.14 bits per heavy atom. The van der Waals surface area contributed by atoms with Gasteiger partial charge in [-0.2, -0.15) is 0 Å². The van der Waals surface area contributed by atoms with Crippen LogP contribution in [0.3, 0.4) is 0 Å². The van der Waals surface area contributed by atoms with Gasteiger partial charge in [0.2, 0.25) is 6.29 Å². The summed E-state index contributed by atoms with van der Waals surface area (Å²) in [6, 6.07) is 0. The molecule has 0 amide bonds. The summed E-state index contributed by atoms with van der Waals surface area (Å²) in [7, 11) is 2.39. The Bertz CT molecular complexity index is 656. The minimum atomic E-state index is -1.64. The van der Waals surface area contributed by atoms with Crippen molar-refractivity contribution in [3.8, 4) is 0 Å². The van der Waals surface area contributed by atoms with Crippen molar-refractivity contribution >= 4 is 11.9 Å². The highest BCUT2D eigenvalue weighted by molar-refractivity contribution is 5.90. The summed E-state index contributed by atoms with van der Waals surface area (Å²) in [4.78, 5) is 23.9. The predicted octanol–water partition coefficient (Wildman–Crippen LogP) is -1.66. The van der Waals surface area contributed by atoms with Gasteiger partial charge in [0.15, 0.2) is 6.29 Å². The topological polar surface area (TPSA) is 161 Å². The quantitative estimate of drug-likeness (QED) is 0.289. The average molecular weight is 418 g/mol. The van der Waals surface area contributed by atoms with E-state index in [2.05, 4.69) is 4.74 Å². The molecular formula is C18H26O11. The number of ether oxygens (including phenoxy) is 5. The zero-order chi connectivity index (χ0) is 21.7. The van der Waals surface area contributed by atoms with Gasteiger partial charge in [0.1, 0.15) is 24.4 Å². The molecule has 11 nitrogen and oxygen atoms in total. The molecule has 0 aliphatic carbocycles. The highest BCUT2D eigenvalue weighted by Gasteiger charge is 2.46. The van der Waals surface area contributed by atoms with Gasteiger partial charge in [-0.05, 0) is 6.92 Å². The maximum absolute atomic E-state index is 12.1. The first kappa shape index (κ1) is 23.3. The van der Waals surface area contributed by atoms with Crippen molar-refractivity contribution in [2.75, 3.05) is 20.8 Å². The van der Waals surface area contributed by atoms with Crippen LogP contribution in [0.1, 0.15) is 13.3 Å². The lowest BCUT2D eigenvalue weighted by Crippen LogP contribution is -2.60. The first-order valence-electron chi connectivity index (χ1n) is 8.91. The zero-order valence-electron chi connectivity index (χ0n) is 16.3. The summed E-state index contributed by atoms with van der Waals surface area (Å²) in [6.07, 6.45) is -6.17. The Morgan fingerprint density at radius 3 is 2.38 bits per heavy atom. The molecule has 29 heavy (non-hydrogen) atoms. The fraction of sp³-hybridized carbons (Fsp3) is 0.667. The number of carbonyl (C=O) groups is 2. The van der Waals surface area contributed by atoms with Crippen LogP contribution in [0.4, 0.5) is 0 Å². The van der Waals surface area contributed by atoms with Crippen molar-refractivity contribution in [2.45, 2.75) is 50.3 Å². The van der Waals surface area contributed by atoms with Crippen molar-refractivity contribution in [1.82, 2.24) is 0 Å². The molecule has 0 aromatic heterocycles. The van der Waals surface area contributed by atoms with Crippen molar-refractivity contribution in [3.05, 3.63) is 23.5 Å².